The quantitative estimate of drug-likeness (QED) is 0.872. The summed E-state index contributed by atoms with van der Waals surface area (Å²) in [7, 11) is 0. The summed E-state index contributed by atoms with van der Waals surface area (Å²) < 4.78 is 0. The fourth-order valence-electron chi connectivity index (χ4n) is 1.84. The van der Waals surface area contributed by atoms with E-state index in [2.05, 4.69) is 29.8 Å². The second kappa shape index (κ2) is 9.94. The predicted octanol–water partition coefficient (Wildman–Crippen LogP) is 2.08. The number of hydrogen-bond donors (Lipinski definition) is 2. The molecule has 1 aromatic carbocycles. The second-order valence-electron chi connectivity index (χ2n) is 4.89. The van der Waals surface area contributed by atoms with Crippen LogP contribution in [0.5, 0.6) is 0 Å². The molecule has 1 aromatic rings. The number of carbonyl (C=O) groups excluding carboxylic acids is 2. The highest BCUT2D eigenvalue weighted by Crippen LogP contribution is 2.19. The zero-order chi connectivity index (χ0) is 16.4. The summed E-state index contributed by atoms with van der Waals surface area (Å²) in [5.41, 5.74) is 7.64. The molecule has 21 heavy (non-hydrogen) atoms. The van der Waals surface area contributed by atoms with E-state index in [0.29, 0.717) is 6.54 Å². The van der Waals surface area contributed by atoms with E-state index in [1.54, 1.807) is 0 Å². The van der Waals surface area contributed by atoms with E-state index in [9.17, 15) is 9.59 Å². The van der Waals surface area contributed by atoms with Crippen LogP contribution in [0.4, 0.5) is 5.69 Å². The molecule has 3 N–H and O–H groups in total. The molecule has 0 heterocycles. The van der Waals surface area contributed by atoms with E-state index in [0.717, 1.165) is 29.9 Å². The molecule has 0 spiro atoms. The van der Waals surface area contributed by atoms with Gasteiger partial charge in [-0.2, -0.15) is 0 Å². The van der Waals surface area contributed by atoms with Crippen molar-refractivity contribution in [3.63, 3.8) is 0 Å². The molecule has 118 valence electrons. The largest absolute Gasteiger partial charge is 0.370 e. The number of anilines is 1. The molecule has 0 aliphatic heterocycles. The Hall–Kier alpha value is -1.88. The van der Waals surface area contributed by atoms with E-state index in [4.69, 9.17) is 0 Å². The van der Waals surface area contributed by atoms with Crippen molar-refractivity contribution >= 4 is 17.5 Å². The molecule has 0 unspecified atom stereocenters. The highest BCUT2D eigenvalue weighted by atomic mass is 16.2. The minimum atomic E-state index is -0.333. The molecule has 0 saturated carbocycles. The minimum absolute atomic E-state index is 0.0612. The number of rotatable bonds is 5. The molecule has 5 nitrogen and oxygen atoms in total. The maximum Gasteiger partial charge on any atom is 0.238 e. The summed E-state index contributed by atoms with van der Waals surface area (Å²) in [5.74, 6) is -0.272. The number of likely N-dealkylation sites (N-methyl/N-ethyl adjacent to an activating group) is 1. The van der Waals surface area contributed by atoms with Crippen LogP contribution in [0.3, 0.4) is 0 Å². The SMILES string of the molecule is CC(N)=O.CCN(CC)CC(=O)Nc1c(C)cccc1C. The van der Waals surface area contributed by atoms with Crippen LogP contribution in [-0.2, 0) is 9.59 Å². The lowest BCUT2D eigenvalue weighted by atomic mass is 10.1. The van der Waals surface area contributed by atoms with Gasteiger partial charge in [-0.3, -0.25) is 14.5 Å². The zero-order valence-corrected chi connectivity index (χ0v) is 13.7. The fourth-order valence-corrected chi connectivity index (χ4v) is 1.84. The smallest absolute Gasteiger partial charge is 0.238 e. The molecule has 0 saturated heterocycles. The van der Waals surface area contributed by atoms with Crippen molar-refractivity contribution in [3.05, 3.63) is 29.3 Å². The lowest BCUT2D eigenvalue weighted by Gasteiger charge is -2.18. The van der Waals surface area contributed by atoms with Gasteiger partial charge in [0.15, 0.2) is 0 Å². The van der Waals surface area contributed by atoms with Crippen LogP contribution in [0.15, 0.2) is 18.2 Å². The monoisotopic (exact) mass is 293 g/mol. The molecule has 2 amide bonds. The number of primary amides is 1. The Morgan fingerprint density at radius 1 is 1.14 bits per heavy atom. The molecular formula is C16H27N3O2. The lowest BCUT2D eigenvalue weighted by molar-refractivity contribution is -0.117. The standard InChI is InChI=1S/C14H22N2O.C2H5NO/c1-5-16(6-2)10-13(17)15-14-11(3)8-7-9-12(14)4;1-2(3)4/h7-9H,5-6,10H2,1-4H3,(H,15,17);1H3,(H2,3,4). The maximum absolute atomic E-state index is 11.9. The first-order valence-electron chi connectivity index (χ1n) is 7.16. The Morgan fingerprint density at radius 2 is 1.57 bits per heavy atom. The van der Waals surface area contributed by atoms with E-state index in [1.165, 1.54) is 6.92 Å². The van der Waals surface area contributed by atoms with Crippen molar-refractivity contribution in [1.82, 2.24) is 4.90 Å². The Morgan fingerprint density at radius 3 is 1.95 bits per heavy atom. The minimum Gasteiger partial charge on any atom is -0.370 e. The van der Waals surface area contributed by atoms with Gasteiger partial charge in [-0.25, -0.2) is 0 Å². The lowest BCUT2D eigenvalue weighted by Crippen LogP contribution is -2.33. The van der Waals surface area contributed by atoms with E-state index in [-0.39, 0.29) is 11.8 Å². The first-order valence-corrected chi connectivity index (χ1v) is 7.16. The number of aryl methyl sites for hydroxylation is 2. The summed E-state index contributed by atoms with van der Waals surface area (Å²) in [4.78, 5) is 23.2. The fraction of sp³-hybridized carbons (Fsp3) is 0.500. The van der Waals surface area contributed by atoms with Gasteiger partial charge >= 0.3 is 0 Å². The van der Waals surface area contributed by atoms with Crippen LogP contribution in [-0.4, -0.2) is 36.3 Å². The molecule has 0 aliphatic rings. The number of nitrogens with two attached hydrogens (primary N) is 1. The predicted molar refractivity (Wildman–Crippen MR) is 87.2 cm³/mol. The van der Waals surface area contributed by atoms with Gasteiger partial charge < -0.3 is 11.1 Å². The number of nitrogens with zero attached hydrogens (tertiary/aromatic N) is 1. The molecule has 0 aromatic heterocycles. The van der Waals surface area contributed by atoms with Crippen molar-refractivity contribution in [1.29, 1.82) is 0 Å². The van der Waals surface area contributed by atoms with Gasteiger partial charge in [0.1, 0.15) is 0 Å². The maximum atomic E-state index is 11.9. The summed E-state index contributed by atoms with van der Waals surface area (Å²) in [6.45, 7) is 11.7. The van der Waals surface area contributed by atoms with Gasteiger partial charge in [0.25, 0.3) is 0 Å². The van der Waals surface area contributed by atoms with Crippen LogP contribution in [0.25, 0.3) is 0 Å². The summed E-state index contributed by atoms with van der Waals surface area (Å²) in [5, 5.41) is 3.00. The molecule has 0 bridgehead atoms. The van der Waals surface area contributed by atoms with Crippen molar-refractivity contribution in [2.75, 3.05) is 25.0 Å². The third kappa shape index (κ3) is 8.09. The molecule has 5 heteroatoms. The Kier molecular flexibility index (Phi) is 9.05. The van der Waals surface area contributed by atoms with Gasteiger partial charge in [-0.05, 0) is 38.1 Å². The number of carbonyl (C=O) groups is 2. The highest BCUT2D eigenvalue weighted by Gasteiger charge is 2.09. The average Bonchev–Trinajstić information content (AvgIpc) is 2.40. The van der Waals surface area contributed by atoms with Gasteiger partial charge in [-0.1, -0.05) is 32.0 Å². The Bertz CT molecular complexity index is 444. The number of benzene rings is 1. The molecule has 0 atom stereocenters. The molecule has 1 rings (SSSR count). The van der Waals surface area contributed by atoms with E-state index < -0.39 is 0 Å². The van der Waals surface area contributed by atoms with Crippen LogP contribution in [0.2, 0.25) is 0 Å². The average molecular weight is 293 g/mol. The number of amides is 2. The van der Waals surface area contributed by atoms with Gasteiger partial charge in [-0.15, -0.1) is 0 Å². The first kappa shape index (κ1) is 19.1. The third-order valence-electron chi connectivity index (χ3n) is 3.01. The van der Waals surface area contributed by atoms with Crippen molar-refractivity contribution in [2.24, 2.45) is 5.73 Å². The topological polar surface area (TPSA) is 75.4 Å². The molecule has 0 fully saturated rings. The second-order valence-corrected chi connectivity index (χ2v) is 4.89. The summed E-state index contributed by atoms with van der Waals surface area (Å²) in [6.07, 6.45) is 0. The summed E-state index contributed by atoms with van der Waals surface area (Å²) in [6, 6.07) is 6.03. The Labute approximate surface area is 127 Å². The van der Waals surface area contributed by atoms with E-state index in [1.807, 2.05) is 32.0 Å². The first-order chi connectivity index (χ1) is 9.81. The van der Waals surface area contributed by atoms with Gasteiger partial charge in [0, 0.05) is 12.6 Å². The molecular weight excluding hydrogens is 266 g/mol. The number of hydrogen-bond acceptors (Lipinski definition) is 3. The zero-order valence-electron chi connectivity index (χ0n) is 13.7. The van der Waals surface area contributed by atoms with Gasteiger partial charge in [0.2, 0.25) is 11.8 Å². The number of para-hydroxylation sites is 1. The van der Waals surface area contributed by atoms with Crippen molar-refractivity contribution in [2.45, 2.75) is 34.6 Å². The van der Waals surface area contributed by atoms with Crippen molar-refractivity contribution < 1.29 is 9.59 Å². The van der Waals surface area contributed by atoms with Crippen LogP contribution < -0.4 is 11.1 Å². The van der Waals surface area contributed by atoms with Gasteiger partial charge in [0.05, 0.1) is 6.54 Å². The van der Waals surface area contributed by atoms with Crippen molar-refractivity contribution in [3.8, 4) is 0 Å². The van der Waals surface area contributed by atoms with Crippen LogP contribution in [0, 0.1) is 13.8 Å². The number of nitrogens with one attached hydrogen (secondary N) is 1. The Balaban J connectivity index is 0.000000885. The van der Waals surface area contributed by atoms with E-state index >= 15 is 0 Å². The molecule has 0 radical (unpaired) electrons. The third-order valence-corrected chi connectivity index (χ3v) is 3.01. The van der Waals surface area contributed by atoms with Crippen LogP contribution >= 0.6 is 0 Å². The van der Waals surface area contributed by atoms with Crippen LogP contribution in [0.1, 0.15) is 31.9 Å². The summed E-state index contributed by atoms with van der Waals surface area (Å²) >= 11 is 0. The highest BCUT2D eigenvalue weighted by molar-refractivity contribution is 5.93. The molecule has 0 aliphatic carbocycles. The normalized spacial score (nSPS) is 9.81.